The van der Waals surface area contributed by atoms with Crippen LogP contribution in [0.3, 0.4) is 0 Å². The molecule has 2 aromatic rings. The largest absolute Gasteiger partial charge is 0.496 e. The van der Waals surface area contributed by atoms with Crippen LogP contribution in [-0.4, -0.2) is 13.7 Å². The summed E-state index contributed by atoms with van der Waals surface area (Å²) in [4.78, 5) is 0. The van der Waals surface area contributed by atoms with Crippen LogP contribution in [-0.2, 0) is 0 Å². The third-order valence-corrected chi connectivity index (χ3v) is 3.84. The number of rotatable bonds is 6. The highest BCUT2D eigenvalue weighted by Crippen LogP contribution is 2.34. The molecule has 0 saturated heterocycles. The van der Waals surface area contributed by atoms with Crippen molar-refractivity contribution in [1.82, 2.24) is 5.32 Å². The minimum absolute atomic E-state index is 0.175. The van der Waals surface area contributed by atoms with Gasteiger partial charge < -0.3 is 14.5 Å². The molecule has 0 aliphatic rings. The second-order valence-corrected chi connectivity index (χ2v) is 5.70. The number of nitrogens with one attached hydrogen (secondary N) is 1. The molecule has 1 unspecified atom stereocenters. The summed E-state index contributed by atoms with van der Waals surface area (Å²) in [5, 5.41) is 3.42. The first kappa shape index (κ1) is 16.0. The van der Waals surface area contributed by atoms with Crippen molar-refractivity contribution >= 4 is 15.9 Å². The van der Waals surface area contributed by atoms with Crippen molar-refractivity contribution in [3.8, 4) is 5.75 Å². The Bertz CT molecular complexity index is 612. The van der Waals surface area contributed by atoms with Crippen LogP contribution < -0.4 is 10.1 Å². The molecule has 0 radical (unpaired) electrons. The number of aryl methyl sites for hydroxylation is 1. The van der Waals surface area contributed by atoms with E-state index in [1.807, 2.05) is 19.1 Å². The van der Waals surface area contributed by atoms with E-state index in [0.717, 1.165) is 30.0 Å². The van der Waals surface area contributed by atoms with E-state index in [9.17, 15) is 4.39 Å². The van der Waals surface area contributed by atoms with Gasteiger partial charge in [0, 0.05) is 11.6 Å². The molecule has 1 heterocycles. The van der Waals surface area contributed by atoms with Gasteiger partial charge >= 0.3 is 0 Å². The molecule has 3 nitrogen and oxygen atoms in total. The van der Waals surface area contributed by atoms with Gasteiger partial charge in [-0.15, -0.1) is 0 Å². The van der Waals surface area contributed by atoms with Gasteiger partial charge in [-0.1, -0.05) is 6.92 Å². The van der Waals surface area contributed by atoms with Crippen molar-refractivity contribution in [2.75, 3.05) is 13.7 Å². The molecule has 0 amide bonds. The summed E-state index contributed by atoms with van der Waals surface area (Å²) >= 11 is 3.23. The Balaban J connectivity index is 2.47. The highest BCUT2D eigenvalue weighted by atomic mass is 79.9. The van der Waals surface area contributed by atoms with Gasteiger partial charge in [0.15, 0.2) is 0 Å². The number of hydrogen-bond donors (Lipinski definition) is 1. The lowest BCUT2D eigenvalue weighted by Crippen LogP contribution is -2.23. The van der Waals surface area contributed by atoms with Crippen molar-refractivity contribution < 1.29 is 13.5 Å². The minimum Gasteiger partial charge on any atom is -0.496 e. The molecule has 5 heteroatoms. The van der Waals surface area contributed by atoms with Gasteiger partial charge in [-0.05, 0) is 54.0 Å². The van der Waals surface area contributed by atoms with Gasteiger partial charge in [0.1, 0.15) is 23.1 Å². The molecule has 1 N–H and O–H groups in total. The maximum absolute atomic E-state index is 13.7. The lowest BCUT2D eigenvalue weighted by Gasteiger charge is -2.20. The smallest absolute Gasteiger partial charge is 0.141 e. The molecule has 1 aromatic heterocycles. The van der Waals surface area contributed by atoms with Crippen LogP contribution in [0.25, 0.3) is 0 Å². The van der Waals surface area contributed by atoms with Gasteiger partial charge in [0.2, 0.25) is 0 Å². The van der Waals surface area contributed by atoms with E-state index in [0.29, 0.717) is 10.2 Å². The number of furan rings is 1. The summed E-state index contributed by atoms with van der Waals surface area (Å²) in [5.74, 6) is 1.78. The van der Waals surface area contributed by atoms with Crippen LogP contribution in [0.1, 0.15) is 36.5 Å². The van der Waals surface area contributed by atoms with E-state index in [-0.39, 0.29) is 11.9 Å². The molecule has 0 spiro atoms. The monoisotopic (exact) mass is 355 g/mol. The Labute approximate surface area is 132 Å². The van der Waals surface area contributed by atoms with Crippen LogP contribution in [0.5, 0.6) is 5.75 Å². The SMILES string of the molecule is CCCNC(c1ccc(C)o1)c1cc(Br)c(F)cc1OC. The maximum Gasteiger partial charge on any atom is 0.141 e. The number of halogens is 2. The van der Waals surface area contributed by atoms with Gasteiger partial charge in [-0.2, -0.15) is 0 Å². The number of ether oxygens (including phenoxy) is 1. The van der Waals surface area contributed by atoms with Crippen molar-refractivity contribution in [2.45, 2.75) is 26.3 Å². The molecular formula is C16H19BrFNO2. The Kier molecular flexibility index (Phi) is 5.42. The van der Waals surface area contributed by atoms with Gasteiger partial charge in [0.25, 0.3) is 0 Å². The van der Waals surface area contributed by atoms with Crippen LogP contribution in [0.4, 0.5) is 4.39 Å². The zero-order valence-corrected chi connectivity index (χ0v) is 14.0. The fraction of sp³-hybridized carbons (Fsp3) is 0.375. The average molecular weight is 356 g/mol. The zero-order chi connectivity index (χ0) is 15.4. The molecule has 0 fully saturated rings. The number of hydrogen-bond acceptors (Lipinski definition) is 3. The molecule has 2 rings (SSSR count). The highest BCUT2D eigenvalue weighted by Gasteiger charge is 2.22. The summed E-state index contributed by atoms with van der Waals surface area (Å²) in [6.07, 6.45) is 0.987. The van der Waals surface area contributed by atoms with E-state index in [4.69, 9.17) is 9.15 Å². The molecule has 0 saturated carbocycles. The fourth-order valence-corrected chi connectivity index (χ4v) is 2.57. The second kappa shape index (κ2) is 7.09. The Morgan fingerprint density at radius 1 is 1.38 bits per heavy atom. The quantitative estimate of drug-likeness (QED) is 0.822. The first-order valence-corrected chi connectivity index (χ1v) is 7.68. The zero-order valence-electron chi connectivity index (χ0n) is 12.4. The summed E-state index contributed by atoms with van der Waals surface area (Å²) < 4.78 is 25.2. The lowest BCUT2D eigenvalue weighted by molar-refractivity contribution is 0.386. The summed E-state index contributed by atoms with van der Waals surface area (Å²) in [6.45, 7) is 4.82. The topological polar surface area (TPSA) is 34.4 Å². The van der Waals surface area contributed by atoms with Crippen molar-refractivity contribution in [1.29, 1.82) is 0 Å². The molecule has 114 valence electrons. The fourth-order valence-electron chi connectivity index (χ4n) is 2.21. The molecular weight excluding hydrogens is 337 g/mol. The third kappa shape index (κ3) is 3.66. The van der Waals surface area contributed by atoms with E-state index >= 15 is 0 Å². The van der Waals surface area contributed by atoms with Crippen molar-refractivity contribution in [3.05, 3.63) is 51.6 Å². The number of benzene rings is 1. The first-order valence-electron chi connectivity index (χ1n) is 6.89. The molecule has 0 aliphatic carbocycles. The van der Waals surface area contributed by atoms with Crippen LogP contribution in [0.15, 0.2) is 33.2 Å². The van der Waals surface area contributed by atoms with Gasteiger partial charge in [-0.3, -0.25) is 0 Å². The predicted octanol–water partition coefficient (Wildman–Crippen LogP) is 4.59. The van der Waals surface area contributed by atoms with Crippen molar-refractivity contribution in [3.63, 3.8) is 0 Å². The first-order chi connectivity index (χ1) is 10.1. The van der Waals surface area contributed by atoms with E-state index in [1.165, 1.54) is 13.2 Å². The third-order valence-electron chi connectivity index (χ3n) is 3.23. The van der Waals surface area contributed by atoms with E-state index < -0.39 is 0 Å². The van der Waals surface area contributed by atoms with Crippen LogP contribution in [0, 0.1) is 12.7 Å². The Morgan fingerprint density at radius 2 is 2.14 bits per heavy atom. The molecule has 0 bridgehead atoms. The predicted molar refractivity (Wildman–Crippen MR) is 84.2 cm³/mol. The Hall–Kier alpha value is -1.33. The van der Waals surface area contributed by atoms with E-state index in [1.54, 1.807) is 6.07 Å². The summed E-state index contributed by atoms with van der Waals surface area (Å²) in [7, 11) is 1.54. The van der Waals surface area contributed by atoms with Crippen molar-refractivity contribution in [2.24, 2.45) is 0 Å². The van der Waals surface area contributed by atoms with Gasteiger partial charge in [0.05, 0.1) is 17.6 Å². The molecule has 0 aliphatic heterocycles. The normalized spacial score (nSPS) is 12.4. The molecule has 1 aromatic carbocycles. The average Bonchev–Trinajstić information content (AvgIpc) is 2.89. The number of methoxy groups -OCH3 is 1. The maximum atomic E-state index is 13.7. The van der Waals surface area contributed by atoms with E-state index in [2.05, 4.69) is 28.2 Å². The molecule has 1 atom stereocenters. The minimum atomic E-state index is -0.347. The highest BCUT2D eigenvalue weighted by molar-refractivity contribution is 9.10. The van der Waals surface area contributed by atoms with Gasteiger partial charge in [-0.25, -0.2) is 4.39 Å². The van der Waals surface area contributed by atoms with Crippen LogP contribution >= 0.6 is 15.9 Å². The summed E-state index contributed by atoms with van der Waals surface area (Å²) in [6, 6.07) is 6.79. The second-order valence-electron chi connectivity index (χ2n) is 4.84. The standard InChI is InChI=1S/C16H19BrFNO2/c1-4-7-19-16(14-6-5-10(2)21-14)11-8-12(17)13(18)9-15(11)20-3/h5-6,8-9,16,19H,4,7H2,1-3H3. The lowest BCUT2D eigenvalue weighted by atomic mass is 10.0. The summed E-state index contributed by atoms with van der Waals surface area (Å²) in [5.41, 5.74) is 0.841. The molecule has 21 heavy (non-hydrogen) atoms. The van der Waals surface area contributed by atoms with Crippen LogP contribution in [0.2, 0.25) is 0 Å². The Morgan fingerprint density at radius 3 is 2.71 bits per heavy atom.